The van der Waals surface area contributed by atoms with Crippen LogP contribution in [-0.2, 0) is 6.61 Å². The summed E-state index contributed by atoms with van der Waals surface area (Å²) in [5.74, 6) is 0.710. The van der Waals surface area contributed by atoms with Crippen LogP contribution in [0.1, 0.15) is 24.2 Å². The molecule has 0 spiro atoms. The fourth-order valence-corrected chi connectivity index (χ4v) is 2.26. The highest BCUT2D eigenvalue weighted by Crippen LogP contribution is 2.26. The molecule has 106 valence electrons. The maximum absolute atomic E-state index is 9.17. The summed E-state index contributed by atoms with van der Waals surface area (Å²) in [6, 6.07) is 15.2. The normalized spacial score (nSPS) is 13.8. The van der Waals surface area contributed by atoms with E-state index in [1.165, 1.54) is 0 Å². The van der Waals surface area contributed by atoms with Crippen LogP contribution >= 0.6 is 15.9 Å². The van der Waals surface area contributed by atoms with Gasteiger partial charge in [-0.15, -0.1) is 0 Å². The Morgan fingerprint density at radius 2 is 1.90 bits per heavy atom. The van der Waals surface area contributed by atoms with Crippen molar-refractivity contribution in [2.24, 2.45) is 5.73 Å². The molecule has 3 nitrogen and oxygen atoms in total. The lowest BCUT2D eigenvalue weighted by molar-refractivity contribution is 0.180. The van der Waals surface area contributed by atoms with E-state index in [9.17, 15) is 0 Å². The quantitative estimate of drug-likeness (QED) is 0.880. The van der Waals surface area contributed by atoms with E-state index in [-0.39, 0.29) is 18.8 Å². The summed E-state index contributed by atoms with van der Waals surface area (Å²) in [7, 11) is 0. The standard InChI is InChI=1S/C16H18BrNO2/c1-11(18)16(13-5-7-14(17)8-6-13)20-15-4-2-3-12(9-15)10-19/h2-9,11,16,19H,10,18H2,1H3. The molecule has 2 aromatic carbocycles. The largest absolute Gasteiger partial charge is 0.484 e. The van der Waals surface area contributed by atoms with Gasteiger partial charge in [0.2, 0.25) is 0 Å². The van der Waals surface area contributed by atoms with Crippen molar-refractivity contribution in [1.29, 1.82) is 0 Å². The first-order valence-corrected chi connectivity index (χ1v) is 7.27. The maximum atomic E-state index is 9.17. The molecule has 0 aliphatic rings. The number of nitrogens with two attached hydrogens (primary N) is 1. The van der Waals surface area contributed by atoms with Gasteiger partial charge in [-0.2, -0.15) is 0 Å². The molecular formula is C16H18BrNO2. The van der Waals surface area contributed by atoms with Gasteiger partial charge >= 0.3 is 0 Å². The number of ether oxygens (including phenoxy) is 1. The molecule has 0 fully saturated rings. The van der Waals surface area contributed by atoms with Gasteiger partial charge in [0.25, 0.3) is 0 Å². The third kappa shape index (κ3) is 3.82. The lowest BCUT2D eigenvalue weighted by Gasteiger charge is -2.23. The van der Waals surface area contributed by atoms with E-state index in [4.69, 9.17) is 15.6 Å². The van der Waals surface area contributed by atoms with Crippen molar-refractivity contribution in [3.05, 3.63) is 64.1 Å². The van der Waals surface area contributed by atoms with Crippen molar-refractivity contribution in [2.75, 3.05) is 0 Å². The zero-order valence-corrected chi connectivity index (χ0v) is 12.9. The summed E-state index contributed by atoms with van der Waals surface area (Å²) in [5, 5.41) is 9.17. The number of hydrogen-bond donors (Lipinski definition) is 2. The van der Waals surface area contributed by atoms with Crippen molar-refractivity contribution in [3.8, 4) is 5.75 Å². The molecule has 0 saturated carbocycles. The molecule has 0 amide bonds. The molecule has 3 N–H and O–H groups in total. The predicted molar refractivity (Wildman–Crippen MR) is 83.5 cm³/mol. The van der Waals surface area contributed by atoms with Crippen LogP contribution in [0.3, 0.4) is 0 Å². The third-order valence-electron chi connectivity index (χ3n) is 3.02. The lowest BCUT2D eigenvalue weighted by Crippen LogP contribution is -2.29. The fourth-order valence-electron chi connectivity index (χ4n) is 2.00. The topological polar surface area (TPSA) is 55.5 Å². The van der Waals surface area contributed by atoms with E-state index in [1.54, 1.807) is 0 Å². The number of hydrogen-bond acceptors (Lipinski definition) is 3. The van der Waals surface area contributed by atoms with Crippen LogP contribution in [-0.4, -0.2) is 11.1 Å². The first kappa shape index (κ1) is 15.0. The Morgan fingerprint density at radius 1 is 1.20 bits per heavy atom. The molecule has 0 aliphatic heterocycles. The Morgan fingerprint density at radius 3 is 2.50 bits per heavy atom. The summed E-state index contributed by atoms with van der Waals surface area (Å²) in [4.78, 5) is 0. The van der Waals surface area contributed by atoms with Gasteiger partial charge in [-0.1, -0.05) is 40.2 Å². The molecule has 0 aromatic heterocycles. The minimum atomic E-state index is -0.225. The van der Waals surface area contributed by atoms with E-state index in [2.05, 4.69) is 15.9 Å². The highest BCUT2D eigenvalue weighted by atomic mass is 79.9. The van der Waals surface area contributed by atoms with Gasteiger partial charge < -0.3 is 15.6 Å². The van der Waals surface area contributed by atoms with Crippen LogP contribution in [0.4, 0.5) is 0 Å². The first-order chi connectivity index (χ1) is 9.60. The highest BCUT2D eigenvalue weighted by molar-refractivity contribution is 9.10. The van der Waals surface area contributed by atoms with Crippen molar-refractivity contribution in [3.63, 3.8) is 0 Å². The molecule has 2 rings (SSSR count). The molecule has 2 unspecified atom stereocenters. The van der Waals surface area contributed by atoms with E-state index in [0.29, 0.717) is 5.75 Å². The lowest BCUT2D eigenvalue weighted by atomic mass is 10.0. The molecule has 0 heterocycles. The summed E-state index contributed by atoms with van der Waals surface area (Å²) in [5.41, 5.74) is 7.89. The van der Waals surface area contributed by atoms with Crippen molar-refractivity contribution in [1.82, 2.24) is 0 Å². The number of aliphatic hydroxyl groups excluding tert-OH is 1. The molecule has 2 aromatic rings. The highest BCUT2D eigenvalue weighted by Gasteiger charge is 2.18. The fraction of sp³-hybridized carbons (Fsp3) is 0.250. The Hall–Kier alpha value is -1.36. The molecule has 4 heteroatoms. The maximum Gasteiger partial charge on any atom is 0.138 e. The summed E-state index contributed by atoms with van der Waals surface area (Å²) in [6.07, 6.45) is -0.225. The third-order valence-corrected chi connectivity index (χ3v) is 3.55. The average molecular weight is 336 g/mol. The van der Waals surface area contributed by atoms with Gasteiger partial charge in [-0.25, -0.2) is 0 Å². The van der Waals surface area contributed by atoms with Crippen molar-refractivity contribution in [2.45, 2.75) is 25.7 Å². The molecule has 0 radical (unpaired) electrons. The Balaban J connectivity index is 2.23. The zero-order chi connectivity index (χ0) is 14.5. The molecule has 0 aliphatic carbocycles. The van der Waals surface area contributed by atoms with Crippen LogP contribution < -0.4 is 10.5 Å². The number of aliphatic hydroxyl groups is 1. The predicted octanol–water partition coefficient (Wildman–Crippen LogP) is 3.41. The Labute approximate surface area is 127 Å². The number of benzene rings is 2. The van der Waals surface area contributed by atoms with E-state index >= 15 is 0 Å². The van der Waals surface area contributed by atoms with Gasteiger partial charge in [0.1, 0.15) is 11.9 Å². The second-order valence-electron chi connectivity index (χ2n) is 4.75. The van der Waals surface area contributed by atoms with Gasteiger partial charge in [0, 0.05) is 10.5 Å². The molecule has 0 bridgehead atoms. The first-order valence-electron chi connectivity index (χ1n) is 6.47. The Bertz CT molecular complexity index is 555. The SMILES string of the molecule is CC(N)C(Oc1cccc(CO)c1)c1ccc(Br)cc1. The average Bonchev–Trinajstić information content (AvgIpc) is 2.46. The van der Waals surface area contributed by atoms with E-state index in [1.807, 2.05) is 55.5 Å². The smallest absolute Gasteiger partial charge is 0.138 e. The minimum Gasteiger partial charge on any atom is -0.484 e. The van der Waals surface area contributed by atoms with Gasteiger partial charge in [0.05, 0.1) is 6.61 Å². The number of halogens is 1. The summed E-state index contributed by atoms with van der Waals surface area (Å²) < 4.78 is 7.01. The molecule has 20 heavy (non-hydrogen) atoms. The van der Waals surface area contributed by atoms with Crippen LogP contribution in [0.2, 0.25) is 0 Å². The van der Waals surface area contributed by atoms with Crippen molar-refractivity contribution >= 4 is 15.9 Å². The van der Waals surface area contributed by atoms with E-state index < -0.39 is 0 Å². The molecule has 0 saturated heterocycles. The Kier molecular flexibility index (Phi) is 5.17. The van der Waals surface area contributed by atoms with Crippen LogP contribution in [0.25, 0.3) is 0 Å². The summed E-state index contributed by atoms with van der Waals surface area (Å²) in [6.45, 7) is 1.92. The van der Waals surface area contributed by atoms with Crippen molar-refractivity contribution < 1.29 is 9.84 Å². The monoisotopic (exact) mass is 335 g/mol. The van der Waals surface area contributed by atoms with Gasteiger partial charge in [-0.3, -0.25) is 0 Å². The zero-order valence-electron chi connectivity index (χ0n) is 11.3. The van der Waals surface area contributed by atoms with Crippen LogP contribution in [0.5, 0.6) is 5.75 Å². The second kappa shape index (κ2) is 6.88. The van der Waals surface area contributed by atoms with Gasteiger partial charge in [-0.05, 0) is 42.3 Å². The molecular weight excluding hydrogens is 318 g/mol. The van der Waals surface area contributed by atoms with E-state index in [0.717, 1.165) is 15.6 Å². The minimum absolute atomic E-state index is 0.00166. The summed E-state index contributed by atoms with van der Waals surface area (Å²) >= 11 is 3.42. The number of rotatable bonds is 5. The van der Waals surface area contributed by atoms with Crippen LogP contribution in [0, 0.1) is 0 Å². The second-order valence-corrected chi connectivity index (χ2v) is 5.67. The van der Waals surface area contributed by atoms with Crippen LogP contribution in [0.15, 0.2) is 53.0 Å². The molecule has 2 atom stereocenters. The van der Waals surface area contributed by atoms with Gasteiger partial charge in [0.15, 0.2) is 0 Å².